The first-order valence-electron chi connectivity index (χ1n) is 8.10. The quantitative estimate of drug-likeness (QED) is 0.836. The topological polar surface area (TPSA) is 72.9 Å². The van der Waals surface area contributed by atoms with Crippen LogP contribution in [-0.4, -0.2) is 28.3 Å². The van der Waals surface area contributed by atoms with Crippen molar-refractivity contribution in [3.63, 3.8) is 0 Å². The lowest BCUT2D eigenvalue weighted by Gasteiger charge is -2.31. The summed E-state index contributed by atoms with van der Waals surface area (Å²) in [5.41, 5.74) is 6.83. The number of hydrogen-bond donors (Lipinski definition) is 2. The van der Waals surface area contributed by atoms with Crippen LogP contribution in [0.1, 0.15) is 36.2 Å². The second-order valence-electron chi connectivity index (χ2n) is 6.11. The fourth-order valence-electron chi connectivity index (χ4n) is 3.15. The molecule has 1 fully saturated rings. The van der Waals surface area contributed by atoms with Crippen molar-refractivity contribution in [3.8, 4) is 5.69 Å². The van der Waals surface area contributed by atoms with Crippen molar-refractivity contribution < 1.29 is 9.18 Å². The van der Waals surface area contributed by atoms with Crippen LogP contribution in [0.2, 0.25) is 0 Å². The summed E-state index contributed by atoms with van der Waals surface area (Å²) in [5.74, 6) is -0.207. The van der Waals surface area contributed by atoms with Gasteiger partial charge in [0.1, 0.15) is 5.82 Å². The molecule has 0 radical (unpaired) electrons. The maximum atomic E-state index is 13.0. The van der Waals surface area contributed by atoms with E-state index < -0.39 is 0 Å². The lowest BCUT2D eigenvalue weighted by molar-refractivity contribution is 0.0901. The maximum Gasteiger partial charge on any atom is 0.273 e. The molecule has 0 saturated heterocycles. The molecule has 128 valence electrons. The number of carbonyl (C=O) groups is 1. The first-order valence-corrected chi connectivity index (χ1v) is 8.90. The molecule has 1 saturated carbocycles. The minimum Gasteiger partial charge on any atom is -0.348 e. The third-order valence-electron chi connectivity index (χ3n) is 4.50. The minimum absolute atomic E-state index is 0.0964. The van der Waals surface area contributed by atoms with Gasteiger partial charge in [-0.15, -0.1) is 0 Å². The van der Waals surface area contributed by atoms with Crippen LogP contribution >= 0.6 is 15.9 Å². The normalized spacial score (nSPS) is 20.8. The molecule has 24 heavy (non-hydrogen) atoms. The number of halogens is 2. The first kappa shape index (κ1) is 17.1. The van der Waals surface area contributed by atoms with Gasteiger partial charge in [0.25, 0.3) is 5.91 Å². The maximum absolute atomic E-state index is 13.0. The minimum atomic E-state index is -0.312. The van der Waals surface area contributed by atoms with E-state index in [0.717, 1.165) is 25.7 Å². The number of carbonyl (C=O) groups excluding carboxylic acids is 1. The highest BCUT2D eigenvalue weighted by atomic mass is 79.9. The van der Waals surface area contributed by atoms with Gasteiger partial charge >= 0.3 is 0 Å². The monoisotopic (exact) mass is 394 g/mol. The van der Waals surface area contributed by atoms with Crippen molar-refractivity contribution in [1.29, 1.82) is 0 Å². The molecule has 1 amide bonds. The van der Waals surface area contributed by atoms with E-state index in [-0.39, 0.29) is 17.8 Å². The van der Waals surface area contributed by atoms with Gasteiger partial charge in [0, 0.05) is 12.2 Å². The molecule has 1 heterocycles. The van der Waals surface area contributed by atoms with Crippen LogP contribution in [0.4, 0.5) is 4.39 Å². The van der Waals surface area contributed by atoms with Crippen LogP contribution in [-0.2, 0) is 0 Å². The number of amides is 1. The molecule has 2 atom stereocenters. The Morgan fingerprint density at radius 1 is 1.33 bits per heavy atom. The summed E-state index contributed by atoms with van der Waals surface area (Å²) in [6.07, 6.45) is 5.96. The fourth-order valence-corrected chi connectivity index (χ4v) is 3.60. The van der Waals surface area contributed by atoms with Gasteiger partial charge in [-0.25, -0.2) is 9.07 Å². The Labute approximate surface area is 148 Å². The van der Waals surface area contributed by atoms with E-state index in [9.17, 15) is 9.18 Å². The van der Waals surface area contributed by atoms with Crippen LogP contribution < -0.4 is 11.1 Å². The number of aromatic nitrogens is 2. The molecule has 3 rings (SSSR count). The second-order valence-corrected chi connectivity index (χ2v) is 6.96. The Kier molecular flexibility index (Phi) is 5.30. The number of nitrogens with two attached hydrogens (primary N) is 1. The van der Waals surface area contributed by atoms with Gasteiger partial charge in [0.2, 0.25) is 0 Å². The summed E-state index contributed by atoms with van der Waals surface area (Å²) >= 11 is 3.38. The zero-order valence-corrected chi connectivity index (χ0v) is 14.8. The molecule has 2 unspecified atom stereocenters. The van der Waals surface area contributed by atoms with E-state index in [1.165, 1.54) is 12.1 Å². The van der Waals surface area contributed by atoms with Gasteiger partial charge in [-0.1, -0.05) is 12.8 Å². The van der Waals surface area contributed by atoms with Crippen molar-refractivity contribution in [2.45, 2.75) is 31.7 Å². The van der Waals surface area contributed by atoms with E-state index in [0.29, 0.717) is 28.3 Å². The van der Waals surface area contributed by atoms with Crippen LogP contribution in [0.25, 0.3) is 5.69 Å². The van der Waals surface area contributed by atoms with E-state index in [2.05, 4.69) is 26.3 Å². The van der Waals surface area contributed by atoms with Gasteiger partial charge < -0.3 is 11.1 Å². The number of benzene rings is 1. The number of nitrogens with zero attached hydrogens (tertiary/aromatic N) is 2. The van der Waals surface area contributed by atoms with Crippen molar-refractivity contribution in [2.24, 2.45) is 11.7 Å². The molecule has 1 aliphatic carbocycles. The lowest BCUT2D eigenvalue weighted by Crippen LogP contribution is -2.44. The van der Waals surface area contributed by atoms with E-state index in [1.807, 2.05) is 0 Å². The molecule has 0 spiro atoms. The highest BCUT2D eigenvalue weighted by Gasteiger charge is 2.27. The van der Waals surface area contributed by atoms with E-state index in [4.69, 9.17) is 5.73 Å². The standard InChI is InChI=1S/C17H20BrFN4O/c18-14-10-23(13-7-5-12(19)6-8-13)22-16(14)17(24)21-15-4-2-1-3-11(15)9-20/h5-8,10-11,15H,1-4,9,20H2,(H,21,24). The predicted molar refractivity (Wildman–Crippen MR) is 93.5 cm³/mol. The molecular weight excluding hydrogens is 375 g/mol. The van der Waals surface area contributed by atoms with Gasteiger partial charge in [-0.2, -0.15) is 5.10 Å². The predicted octanol–water partition coefficient (Wildman–Crippen LogP) is 3.02. The summed E-state index contributed by atoms with van der Waals surface area (Å²) in [7, 11) is 0. The highest BCUT2D eigenvalue weighted by molar-refractivity contribution is 9.10. The lowest BCUT2D eigenvalue weighted by atomic mass is 9.84. The summed E-state index contributed by atoms with van der Waals surface area (Å²) in [6, 6.07) is 6.04. The summed E-state index contributed by atoms with van der Waals surface area (Å²) in [5, 5.41) is 7.40. The average Bonchev–Trinajstić information content (AvgIpc) is 2.98. The second kappa shape index (κ2) is 7.44. The number of hydrogen-bond acceptors (Lipinski definition) is 3. The molecule has 0 aliphatic heterocycles. The Morgan fingerprint density at radius 3 is 2.75 bits per heavy atom. The largest absolute Gasteiger partial charge is 0.348 e. The molecule has 7 heteroatoms. The van der Waals surface area contributed by atoms with Crippen LogP contribution in [0, 0.1) is 11.7 Å². The third kappa shape index (κ3) is 3.67. The third-order valence-corrected chi connectivity index (χ3v) is 5.08. The van der Waals surface area contributed by atoms with E-state index >= 15 is 0 Å². The Hall–Kier alpha value is -1.73. The van der Waals surface area contributed by atoms with Crippen molar-refractivity contribution in [1.82, 2.24) is 15.1 Å². The average molecular weight is 395 g/mol. The van der Waals surface area contributed by atoms with E-state index in [1.54, 1.807) is 23.0 Å². The number of rotatable bonds is 4. The molecule has 5 nitrogen and oxygen atoms in total. The summed E-state index contributed by atoms with van der Waals surface area (Å²) < 4.78 is 15.2. The SMILES string of the molecule is NCC1CCCCC1NC(=O)c1nn(-c2ccc(F)cc2)cc1Br. The molecule has 3 N–H and O–H groups in total. The van der Waals surface area contributed by atoms with Gasteiger partial charge in [-0.3, -0.25) is 4.79 Å². The Morgan fingerprint density at radius 2 is 2.04 bits per heavy atom. The van der Waals surface area contributed by atoms with Gasteiger partial charge in [0.15, 0.2) is 5.69 Å². The molecule has 1 aliphatic rings. The smallest absolute Gasteiger partial charge is 0.273 e. The Balaban J connectivity index is 1.76. The molecule has 2 aromatic rings. The summed E-state index contributed by atoms with van der Waals surface area (Å²) in [6.45, 7) is 0.580. The molecule has 1 aromatic carbocycles. The molecule has 0 bridgehead atoms. The van der Waals surface area contributed by atoms with Gasteiger partial charge in [-0.05, 0) is 65.5 Å². The van der Waals surface area contributed by atoms with Crippen LogP contribution in [0.3, 0.4) is 0 Å². The Bertz CT molecular complexity index is 716. The highest BCUT2D eigenvalue weighted by Crippen LogP contribution is 2.25. The van der Waals surface area contributed by atoms with Crippen molar-refractivity contribution in [3.05, 3.63) is 46.4 Å². The van der Waals surface area contributed by atoms with Crippen LogP contribution in [0.15, 0.2) is 34.9 Å². The molecule has 1 aromatic heterocycles. The first-order chi connectivity index (χ1) is 11.6. The fraction of sp³-hybridized carbons (Fsp3) is 0.412. The van der Waals surface area contributed by atoms with Crippen LogP contribution in [0.5, 0.6) is 0 Å². The molecular formula is C17H20BrFN4O. The van der Waals surface area contributed by atoms with Crippen molar-refractivity contribution >= 4 is 21.8 Å². The van der Waals surface area contributed by atoms with Gasteiger partial charge in [0.05, 0.1) is 10.2 Å². The number of nitrogens with one attached hydrogen (secondary N) is 1. The van der Waals surface area contributed by atoms with Crippen molar-refractivity contribution in [2.75, 3.05) is 6.54 Å². The zero-order valence-electron chi connectivity index (χ0n) is 13.2. The zero-order chi connectivity index (χ0) is 17.1. The summed E-state index contributed by atoms with van der Waals surface area (Å²) in [4.78, 5) is 12.6.